The fourth-order valence-electron chi connectivity index (χ4n) is 2.75. The molecule has 1 aromatic carbocycles. The van der Waals surface area contributed by atoms with Crippen molar-refractivity contribution >= 4 is 0 Å². The van der Waals surface area contributed by atoms with Gasteiger partial charge >= 0.3 is 6.18 Å². The molecular weight excluding hydrogens is 285 g/mol. The van der Waals surface area contributed by atoms with Crippen molar-refractivity contribution in [1.29, 1.82) is 0 Å². The molecule has 0 aliphatic heterocycles. The van der Waals surface area contributed by atoms with E-state index in [1.54, 1.807) is 12.1 Å². The standard InChI is InChI=1S/C19H28F3/c1-2-3-4-5-6-7-8-9-10-11-14-17-15-12-13-16-18(17)19(20,21)22/h12-13,15H,2-11,14H2,1H3. The van der Waals surface area contributed by atoms with E-state index in [4.69, 9.17) is 0 Å². The summed E-state index contributed by atoms with van der Waals surface area (Å²) in [5, 5.41) is 0. The van der Waals surface area contributed by atoms with Crippen molar-refractivity contribution in [2.24, 2.45) is 0 Å². The third-order valence-corrected chi connectivity index (χ3v) is 4.03. The van der Waals surface area contributed by atoms with E-state index in [2.05, 4.69) is 13.0 Å². The lowest BCUT2D eigenvalue weighted by Gasteiger charge is -2.12. The molecule has 0 aliphatic rings. The molecule has 0 atom stereocenters. The van der Waals surface area contributed by atoms with Crippen LogP contribution in [-0.4, -0.2) is 0 Å². The highest BCUT2D eigenvalue weighted by atomic mass is 19.4. The lowest BCUT2D eigenvalue weighted by molar-refractivity contribution is -0.138. The van der Waals surface area contributed by atoms with E-state index in [9.17, 15) is 13.2 Å². The Kier molecular flexibility index (Phi) is 9.26. The molecule has 0 aromatic heterocycles. The van der Waals surface area contributed by atoms with Crippen molar-refractivity contribution < 1.29 is 13.2 Å². The van der Waals surface area contributed by atoms with Gasteiger partial charge in [0.2, 0.25) is 0 Å². The normalized spacial score (nSPS) is 11.8. The van der Waals surface area contributed by atoms with Gasteiger partial charge in [0.1, 0.15) is 0 Å². The van der Waals surface area contributed by atoms with E-state index >= 15 is 0 Å². The van der Waals surface area contributed by atoms with Crippen LogP contribution in [0.2, 0.25) is 0 Å². The van der Waals surface area contributed by atoms with Crippen LogP contribution >= 0.6 is 0 Å². The van der Waals surface area contributed by atoms with Crippen LogP contribution in [-0.2, 0) is 12.6 Å². The molecule has 22 heavy (non-hydrogen) atoms. The van der Waals surface area contributed by atoms with Crippen molar-refractivity contribution in [3.8, 4) is 0 Å². The molecule has 125 valence electrons. The molecular formula is C19H28F3. The SMILES string of the molecule is CCCCCCCCCCCCc1ccc[c]c1C(F)(F)F. The van der Waals surface area contributed by atoms with Gasteiger partial charge in [0.15, 0.2) is 0 Å². The number of aryl methyl sites for hydroxylation is 1. The molecule has 0 nitrogen and oxygen atoms in total. The second-order valence-electron chi connectivity index (χ2n) is 6.00. The van der Waals surface area contributed by atoms with Crippen LogP contribution in [0.15, 0.2) is 18.2 Å². The number of halogens is 3. The van der Waals surface area contributed by atoms with Gasteiger partial charge in [-0.2, -0.15) is 13.2 Å². The van der Waals surface area contributed by atoms with E-state index in [1.165, 1.54) is 51.0 Å². The number of rotatable bonds is 11. The fraction of sp³-hybridized carbons (Fsp3) is 0.684. The topological polar surface area (TPSA) is 0 Å². The Labute approximate surface area is 133 Å². The van der Waals surface area contributed by atoms with Crippen LogP contribution < -0.4 is 0 Å². The summed E-state index contributed by atoms with van der Waals surface area (Å²) < 4.78 is 38.5. The molecule has 1 rings (SSSR count). The first-order chi connectivity index (χ1) is 10.6. The highest BCUT2D eigenvalue weighted by molar-refractivity contribution is 5.28. The molecule has 0 unspecified atom stereocenters. The Balaban J connectivity index is 2.13. The lowest BCUT2D eigenvalue weighted by Crippen LogP contribution is -2.09. The van der Waals surface area contributed by atoms with E-state index in [1.807, 2.05) is 0 Å². The molecule has 0 N–H and O–H groups in total. The van der Waals surface area contributed by atoms with E-state index < -0.39 is 11.7 Å². The van der Waals surface area contributed by atoms with Gasteiger partial charge in [-0.05, 0) is 24.5 Å². The average molecular weight is 313 g/mol. The number of benzene rings is 1. The van der Waals surface area contributed by atoms with E-state index in [0.717, 1.165) is 19.3 Å². The molecule has 0 bridgehead atoms. The molecule has 1 radical (unpaired) electrons. The maximum absolute atomic E-state index is 12.8. The largest absolute Gasteiger partial charge is 0.417 e. The maximum Gasteiger partial charge on any atom is 0.417 e. The molecule has 1 aromatic rings. The van der Waals surface area contributed by atoms with Crippen molar-refractivity contribution in [1.82, 2.24) is 0 Å². The summed E-state index contributed by atoms with van der Waals surface area (Å²) in [7, 11) is 0. The summed E-state index contributed by atoms with van der Waals surface area (Å²) in [5.41, 5.74) is -0.208. The minimum atomic E-state index is -4.28. The summed E-state index contributed by atoms with van der Waals surface area (Å²) in [6, 6.07) is 6.89. The van der Waals surface area contributed by atoms with Gasteiger partial charge in [-0.15, -0.1) is 0 Å². The first-order valence-corrected chi connectivity index (χ1v) is 8.62. The van der Waals surface area contributed by atoms with Gasteiger partial charge < -0.3 is 0 Å². The van der Waals surface area contributed by atoms with Crippen molar-refractivity contribution in [2.75, 3.05) is 0 Å². The maximum atomic E-state index is 12.8. The molecule has 0 fully saturated rings. The number of unbranched alkanes of at least 4 members (excludes halogenated alkanes) is 9. The molecule has 0 saturated heterocycles. The lowest BCUT2D eigenvalue weighted by atomic mass is 10.00. The number of hydrogen-bond acceptors (Lipinski definition) is 0. The zero-order valence-corrected chi connectivity index (χ0v) is 13.6. The van der Waals surface area contributed by atoms with Crippen molar-refractivity contribution in [3.63, 3.8) is 0 Å². The minimum Gasteiger partial charge on any atom is -0.166 e. The van der Waals surface area contributed by atoms with Gasteiger partial charge in [0, 0.05) is 0 Å². The Morgan fingerprint density at radius 3 is 1.95 bits per heavy atom. The molecule has 0 heterocycles. The number of alkyl halides is 3. The Morgan fingerprint density at radius 2 is 1.41 bits per heavy atom. The molecule has 0 spiro atoms. The third kappa shape index (κ3) is 7.86. The van der Waals surface area contributed by atoms with Gasteiger partial charge in [0.05, 0.1) is 5.56 Å². The van der Waals surface area contributed by atoms with Crippen LogP contribution in [0, 0.1) is 6.07 Å². The predicted molar refractivity (Wildman–Crippen MR) is 85.8 cm³/mol. The van der Waals surface area contributed by atoms with Crippen molar-refractivity contribution in [3.05, 3.63) is 35.4 Å². The fourth-order valence-corrected chi connectivity index (χ4v) is 2.75. The monoisotopic (exact) mass is 313 g/mol. The average Bonchev–Trinajstić information content (AvgIpc) is 2.48. The Hall–Kier alpha value is -0.990. The Bertz CT molecular complexity index is 396. The highest BCUT2D eigenvalue weighted by Crippen LogP contribution is 2.32. The van der Waals surface area contributed by atoms with E-state index in [0.29, 0.717) is 12.0 Å². The third-order valence-electron chi connectivity index (χ3n) is 4.03. The molecule has 3 heteroatoms. The smallest absolute Gasteiger partial charge is 0.166 e. The summed E-state index contributed by atoms with van der Waals surface area (Å²) in [6.07, 6.45) is 8.22. The molecule has 0 amide bonds. The Morgan fingerprint density at radius 1 is 0.864 bits per heavy atom. The second kappa shape index (κ2) is 10.7. The summed E-state index contributed by atoms with van der Waals surface area (Å²) in [6.45, 7) is 2.22. The van der Waals surface area contributed by atoms with Crippen LogP contribution in [0.4, 0.5) is 13.2 Å². The zero-order valence-electron chi connectivity index (χ0n) is 13.6. The van der Waals surface area contributed by atoms with Crippen LogP contribution in [0.25, 0.3) is 0 Å². The summed E-state index contributed by atoms with van der Waals surface area (Å²) in [4.78, 5) is 0. The first kappa shape index (κ1) is 19.1. The van der Waals surface area contributed by atoms with Crippen LogP contribution in [0.3, 0.4) is 0 Å². The van der Waals surface area contributed by atoms with Crippen molar-refractivity contribution in [2.45, 2.75) is 83.7 Å². The first-order valence-electron chi connectivity index (χ1n) is 8.62. The zero-order chi connectivity index (χ0) is 16.3. The molecule has 0 saturated carbocycles. The van der Waals surface area contributed by atoms with Gasteiger partial charge in [-0.3, -0.25) is 0 Å². The van der Waals surface area contributed by atoms with Gasteiger partial charge in [-0.25, -0.2) is 0 Å². The van der Waals surface area contributed by atoms with Gasteiger partial charge in [-0.1, -0.05) is 82.9 Å². The highest BCUT2D eigenvalue weighted by Gasteiger charge is 2.32. The van der Waals surface area contributed by atoms with Crippen LogP contribution in [0.1, 0.15) is 82.3 Å². The predicted octanol–water partition coefficient (Wildman–Crippen LogP) is 6.97. The molecule has 0 aliphatic carbocycles. The quantitative estimate of drug-likeness (QED) is 0.387. The van der Waals surface area contributed by atoms with Gasteiger partial charge in [0.25, 0.3) is 0 Å². The second-order valence-corrected chi connectivity index (χ2v) is 6.00. The number of hydrogen-bond donors (Lipinski definition) is 0. The summed E-state index contributed by atoms with van der Waals surface area (Å²) in [5.74, 6) is 0. The van der Waals surface area contributed by atoms with E-state index in [-0.39, 0.29) is 0 Å². The van der Waals surface area contributed by atoms with Crippen LogP contribution in [0.5, 0.6) is 0 Å². The summed E-state index contributed by atoms with van der Waals surface area (Å²) >= 11 is 0. The minimum absolute atomic E-state index is 0.384.